The van der Waals surface area contributed by atoms with Gasteiger partial charge in [-0.2, -0.15) is 0 Å². The molecule has 0 saturated heterocycles. The van der Waals surface area contributed by atoms with Gasteiger partial charge in [0.2, 0.25) is 0 Å². The fourth-order valence-electron chi connectivity index (χ4n) is 2.11. The largest absolute Gasteiger partial charge is 0.481 e. The molecule has 0 spiro atoms. The van der Waals surface area contributed by atoms with Gasteiger partial charge in [0.05, 0.1) is 19.6 Å². The van der Waals surface area contributed by atoms with E-state index in [0.29, 0.717) is 19.6 Å². The summed E-state index contributed by atoms with van der Waals surface area (Å²) < 4.78 is 11.4. The second kappa shape index (κ2) is 18.2. The van der Waals surface area contributed by atoms with Crippen LogP contribution in [0.25, 0.3) is 0 Å². The Hall–Kier alpha value is -1.13. The van der Waals surface area contributed by atoms with E-state index in [1.807, 2.05) is 0 Å². The topological polar surface area (TPSA) is 55.8 Å². The highest BCUT2D eigenvalue weighted by molar-refractivity contribution is 5.66. The molecule has 0 bridgehead atoms. The number of hydrogen-bond acceptors (Lipinski definition) is 3. The quantitative estimate of drug-likeness (QED) is 0.216. The van der Waals surface area contributed by atoms with Gasteiger partial charge in [-0.15, -0.1) is 0 Å². The van der Waals surface area contributed by atoms with Crippen molar-refractivity contribution in [2.45, 2.75) is 84.3 Å². The van der Waals surface area contributed by atoms with E-state index in [9.17, 15) is 4.79 Å². The highest BCUT2D eigenvalue weighted by Gasteiger charge is 2.11. The van der Waals surface area contributed by atoms with Crippen LogP contribution in [0.4, 0.5) is 0 Å². The Balaban J connectivity index is 3.89. The van der Waals surface area contributed by atoms with E-state index in [0.717, 1.165) is 25.7 Å². The summed E-state index contributed by atoms with van der Waals surface area (Å²) in [6.07, 6.45) is 17.4. The third kappa shape index (κ3) is 17.2. The summed E-state index contributed by atoms with van der Waals surface area (Å²) >= 11 is 0. The lowest BCUT2D eigenvalue weighted by atomic mass is 10.2. The lowest BCUT2D eigenvalue weighted by Gasteiger charge is -2.17. The molecule has 0 aliphatic heterocycles. The van der Waals surface area contributed by atoms with Crippen molar-refractivity contribution in [3.8, 4) is 0 Å². The average molecular weight is 341 g/mol. The van der Waals surface area contributed by atoms with Crippen LogP contribution in [0.3, 0.4) is 0 Å². The molecule has 0 unspecified atom stereocenters. The first kappa shape index (κ1) is 22.9. The Labute approximate surface area is 147 Å². The Morgan fingerprint density at radius 3 is 1.75 bits per heavy atom. The molecule has 0 fully saturated rings. The molecule has 0 aliphatic carbocycles. The minimum atomic E-state index is -0.814. The maximum atomic E-state index is 10.7. The lowest BCUT2D eigenvalue weighted by Crippen LogP contribution is -2.20. The van der Waals surface area contributed by atoms with Crippen LogP contribution in [0.5, 0.6) is 0 Å². The summed E-state index contributed by atoms with van der Waals surface area (Å²) in [5, 5.41) is 8.81. The molecule has 1 N–H and O–H groups in total. The van der Waals surface area contributed by atoms with Gasteiger partial charge >= 0.3 is 5.97 Å². The maximum absolute atomic E-state index is 10.7. The standard InChI is InChI=1S/C20H36O4/c1-3-5-7-9-11-13-17-23-20(16-15-19(21)22)24-18-14-12-10-8-6-4-2/h9-12,20H,3-8,13-18H2,1-2H3,(H,21,22)/b11-9-,12-10-. The number of hydrogen-bond donors (Lipinski definition) is 1. The molecule has 140 valence electrons. The first-order chi connectivity index (χ1) is 11.7. The molecule has 0 aliphatic rings. The molecule has 0 saturated carbocycles. The molecule has 0 atom stereocenters. The van der Waals surface area contributed by atoms with Gasteiger partial charge in [0.1, 0.15) is 0 Å². The van der Waals surface area contributed by atoms with Crippen LogP contribution in [-0.4, -0.2) is 30.6 Å². The van der Waals surface area contributed by atoms with Gasteiger partial charge in [0.15, 0.2) is 6.29 Å². The van der Waals surface area contributed by atoms with Gasteiger partial charge in [-0.3, -0.25) is 4.79 Å². The van der Waals surface area contributed by atoms with Crippen LogP contribution in [0.2, 0.25) is 0 Å². The summed E-state index contributed by atoms with van der Waals surface area (Å²) in [5.41, 5.74) is 0. The van der Waals surface area contributed by atoms with Gasteiger partial charge in [0, 0.05) is 6.42 Å². The summed E-state index contributed by atoms with van der Waals surface area (Å²) in [6.45, 7) is 5.50. The van der Waals surface area contributed by atoms with Gasteiger partial charge < -0.3 is 14.6 Å². The number of rotatable bonds is 17. The minimum absolute atomic E-state index is 0.0728. The Morgan fingerprint density at radius 1 is 0.875 bits per heavy atom. The molecule has 0 aromatic rings. The van der Waals surface area contributed by atoms with Crippen molar-refractivity contribution in [2.75, 3.05) is 13.2 Å². The summed E-state index contributed by atoms with van der Waals surface area (Å²) in [5.74, 6) is -0.814. The average Bonchev–Trinajstić information content (AvgIpc) is 2.57. The number of ether oxygens (including phenoxy) is 2. The van der Waals surface area contributed by atoms with Crippen molar-refractivity contribution in [3.63, 3.8) is 0 Å². The Kier molecular flexibility index (Phi) is 17.4. The SMILES string of the molecule is CCCC/C=C\CCOC(CCC(=O)O)OCC/C=C\CCCC. The second-order valence-corrected chi connectivity index (χ2v) is 5.91. The van der Waals surface area contributed by atoms with E-state index in [2.05, 4.69) is 38.2 Å². The number of carboxylic acid groups (broad SMARTS) is 1. The summed E-state index contributed by atoms with van der Waals surface area (Å²) in [4.78, 5) is 10.7. The number of carboxylic acids is 1. The van der Waals surface area contributed by atoms with Crippen molar-refractivity contribution >= 4 is 5.97 Å². The van der Waals surface area contributed by atoms with Crippen molar-refractivity contribution < 1.29 is 19.4 Å². The molecule has 4 heteroatoms. The first-order valence-electron chi connectivity index (χ1n) is 9.45. The van der Waals surface area contributed by atoms with Gasteiger partial charge in [-0.1, -0.05) is 63.8 Å². The first-order valence-corrected chi connectivity index (χ1v) is 9.45. The molecule has 24 heavy (non-hydrogen) atoms. The zero-order valence-corrected chi connectivity index (χ0v) is 15.5. The molecular weight excluding hydrogens is 304 g/mol. The van der Waals surface area contributed by atoms with Crippen molar-refractivity contribution in [1.82, 2.24) is 0 Å². The third-order valence-electron chi connectivity index (χ3n) is 3.55. The van der Waals surface area contributed by atoms with E-state index in [1.165, 1.54) is 25.7 Å². The predicted molar refractivity (Wildman–Crippen MR) is 99.1 cm³/mol. The molecule has 0 aromatic carbocycles. The van der Waals surface area contributed by atoms with Crippen LogP contribution in [-0.2, 0) is 14.3 Å². The summed E-state index contributed by atoms with van der Waals surface area (Å²) in [6, 6.07) is 0. The van der Waals surface area contributed by atoms with E-state index in [-0.39, 0.29) is 6.42 Å². The third-order valence-corrected chi connectivity index (χ3v) is 3.55. The van der Waals surface area contributed by atoms with Gasteiger partial charge in [-0.05, 0) is 25.7 Å². The molecule has 0 heterocycles. The van der Waals surface area contributed by atoms with E-state index >= 15 is 0 Å². The number of unbranched alkanes of at least 4 members (excludes halogenated alkanes) is 4. The van der Waals surface area contributed by atoms with Gasteiger partial charge in [-0.25, -0.2) is 0 Å². The van der Waals surface area contributed by atoms with Gasteiger partial charge in [0.25, 0.3) is 0 Å². The Bertz CT molecular complexity index is 313. The maximum Gasteiger partial charge on any atom is 0.303 e. The van der Waals surface area contributed by atoms with Crippen LogP contribution < -0.4 is 0 Å². The predicted octanol–water partition coefficient (Wildman–Crippen LogP) is 5.48. The fraction of sp³-hybridized carbons (Fsp3) is 0.750. The Morgan fingerprint density at radius 2 is 1.33 bits per heavy atom. The normalized spacial score (nSPS) is 12.0. The van der Waals surface area contributed by atoms with Crippen molar-refractivity contribution in [2.24, 2.45) is 0 Å². The highest BCUT2D eigenvalue weighted by Crippen LogP contribution is 2.07. The fourth-order valence-corrected chi connectivity index (χ4v) is 2.11. The van der Waals surface area contributed by atoms with Crippen molar-refractivity contribution in [1.29, 1.82) is 0 Å². The second-order valence-electron chi connectivity index (χ2n) is 5.91. The molecular formula is C20H36O4. The molecule has 0 rings (SSSR count). The number of carbonyl (C=O) groups is 1. The smallest absolute Gasteiger partial charge is 0.303 e. The number of aliphatic carboxylic acids is 1. The van der Waals surface area contributed by atoms with Crippen molar-refractivity contribution in [3.05, 3.63) is 24.3 Å². The minimum Gasteiger partial charge on any atom is -0.481 e. The van der Waals surface area contributed by atoms with Crippen LogP contribution in [0.1, 0.15) is 78.1 Å². The van der Waals surface area contributed by atoms with Crippen LogP contribution in [0.15, 0.2) is 24.3 Å². The summed E-state index contributed by atoms with van der Waals surface area (Å²) in [7, 11) is 0. The van der Waals surface area contributed by atoms with E-state index in [4.69, 9.17) is 14.6 Å². The monoisotopic (exact) mass is 340 g/mol. The zero-order chi connectivity index (χ0) is 17.9. The van der Waals surface area contributed by atoms with E-state index in [1.54, 1.807) is 0 Å². The molecule has 0 amide bonds. The molecule has 0 aromatic heterocycles. The lowest BCUT2D eigenvalue weighted by molar-refractivity contribution is -0.154. The van der Waals surface area contributed by atoms with Crippen LogP contribution in [0, 0.1) is 0 Å². The number of allylic oxidation sites excluding steroid dienone is 2. The molecule has 4 nitrogen and oxygen atoms in total. The van der Waals surface area contributed by atoms with Crippen LogP contribution >= 0.6 is 0 Å². The van der Waals surface area contributed by atoms with E-state index < -0.39 is 12.3 Å². The highest BCUT2D eigenvalue weighted by atomic mass is 16.7. The zero-order valence-electron chi connectivity index (χ0n) is 15.5. The molecule has 0 radical (unpaired) electrons.